The van der Waals surface area contributed by atoms with Crippen molar-refractivity contribution in [3.05, 3.63) is 59.1 Å². The summed E-state index contributed by atoms with van der Waals surface area (Å²) in [5, 5.41) is 18.3. The highest BCUT2D eigenvalue weighted by atomic mass is 35.5. The van der Waals surface area contributed by atoms with Gasteiger partial charge in [0.15, 0.2) is 0 Å². The quantitative estimate of drug-likeness (QED) is 0.341. The second-order valence-corrected chi connectivity index (χ2v) is 8.96. The number of carboxylic acids is 1. The molecule has 0 unspecified atom stereocenters. The molecule has 2 atom stereocenters. The second-order valence-electron chi connectivity index (χ2n) is 8.52. The number of piperidine rings is 1. The van der Waals surface area contributed by atoms with Crippen molar-refractivity contribution in [2.45, 2.75) is 45.7 Å². The Bertz CT molecular complexity index is 989. The maximum Gasteiger partial charge on any atom is 0.321 e. The van der Waals surface area contributed by atoms with Crippen LogP contribution in [0.25, 0.3) is 0 Å². The molecule has 9 heteroatoms. The summed E-state index contributed by atoms with van der Waals surface area (Å²) in [4.78, 5) is 30.7. The van der Waals surface area contributed by atoms with E-state index >= 15 is 0 Å². The first-order valence-electron chi connectivity index (χ1n) is 11.5. The summed E-state index contributed by atoms with van der Waals surface area (Å²) in [6, 6.07) is 14.2. The first-order valence-corrected chi connectivity index (χ1v) is 11.9. The third kappa shape index (κ3) is 7.66. The van der Waals surface area contributed by atoms with E-state index in [9.17, 15) is 9.59 Å². The summed E-state index contributed by atoms with van der Waals surface area (Å²) in [5.41, 5.74) is 2.82. The molecule has 0 spiro atoms. The molecule has 34 heavy (non-hydrogen) atoms. The number of carbonyl (C=O) groups excluding carboxylic acids is 1. The highest BCUT2D eigenvalue weighted by Gasteiger charge is 2.21. The van der Waals surface area contributed by atoms with Crippen molar-refractivity contribution in [1.82, 2.24) is 16.0 Å². The molecule has 1 saturated heterocycles. The maximum atomic E-state index is 12.5. The molecule has 1 aliphatic heterocycles. The number of urea groups is 1. The Morgan fingerprint density at radius 2 is 1.68 bits per heavy atom. The highest BCUT2D eigenvalue weighted by Crippen LogP contribution is 2.23. The van der Waals surface area contributed by atoms with Gasteiger partial charge in [-0.15, -0.1) is 0 Å². The van der Waals surface area contributed by atoms with E-state index in [1.807, 2.05) is 36.4 Å². The van der Waals surface area contributed by atoms with Crippen LogP contribution in [0.1, 0.15) is 38.7 Å². The van der Waals surface area contributed by atoms with E-state index in [4.69, 9.17) is 16.7 Å². The van der Waals surface area contributed by atoms with Crippen molar-refractivity contribution in [3.8, 4) is 0 Å². The summed E-state index contributed by atoms with van der Waals surface area (Å²) in [7, 11) is 0. The van der Waals surface area contributed by atoms with E-state index < -0.39 is 24.0 Å². The van der Waals surface area contributed by atoms with Gasteiger partial charge in [0.25, 0.3) is 0 Å². The lowest BCUT2D eigenvalue weighted by atomic mass is 10.0. The predicted molar refractivity (Wildman–Crippen MR) is 136 cm³/mol. The van der Waals surface area contributed by atoms with E-state index in [0.29, 0.717) is 17.3 Å². The number of nitrogens with one attached hydrogen (secondary N) is 3. The number of anilines is 1. The fraction of sp³-hybridized carbons (Fsp3) is 0.400. The molecule has 1 aliphatic rings. The van der Waals surface area contributed by atoms with Crippen molar-refractivity contribution in [2.24, 2.45) is 10.9 Å². The number of carboxylic acid groups (broad SMARTS) is 1. The number of amides is 2. The van der Waals surface area contributed by atoms with Crippen LogP contribution < -0.4 is 20.9 Å². The zero-order valence-corrected chi connectivity index (χ0v) is 20.3. The van der Waals surface area contributed by atoms with Crippen LogP contribution >= 0.6 is 11.6 Å². The minimum atomic E-state index is -0.976. The minimum Gasteiger partial charge on any atom is -0.481 e. The topological polar surface area (TPSA) is 106 Å². The number of hydrogen-bond acceptors (Lipinski definition) is 4. The van der Waals surface area contributed by atoms with Gasteiger partial charge in [-0.2, -0.15) is 0 Å². The number of halogens is 1. The normalized spacial score (nSPS) is 15.9. The standard InChI is InChI=1S/C25H32ClN5O3/c1-17(23(32)33)18(2)28-25(34)30-24(27-16-19-6-8-20(26)9-7-19)29-21-10-12-22(13-11-21)31-14-4-3-5-15-31/h6-13,17-18H,3-5,14-16H2,1-2H3,(H,32,33)(H3,27,28,29,30,34)/t17-,18+/m1/s1. The van der Waals surface area contributed by atoms with E-state index in [1.54, 1.807) is 26.0 Å². The number of aliphatic carboxylic acids is 1. The molecule has 2 amide bonds. The van der Waals surface area contributed by atoms with Crippen LogP contribution in [0.5, 0.6) is 0 Å². The fourth-order valence-corrected chi connectivity index (χ4v) is 3.73. The number of carbonyl (C=O) groups is 2. The van der Waals surface area contributed by atoms with E-state index in [1.165, 1.54) is 19.3 Å². The monoisotopic (exact) mass is 485 g/mol. The molecule has 1 heterocycles. The van der Waals surface area contributed by atoms with Crippen molar-refractivity contribution >= 4 is 40.9 Å². The molecule has 3 rings (SSSR count). The van der Waals surface area contributed by atoms with Gasteiger partial charge in [-0.05, 0) is 75.1 Å². The Morgan fingerprint density at radius 1 is 1.03 bits per heavy atom. The van der Waals surface area contributed by atoms with Crippen LogP contribution in [-0.2, 0) is 11.3 Å². The van der Waals surface area contributed by atoms with Gasteiger partial charge >= 0.3 is 12.0 Å². The number of rotatable bonds is 7. The van der Waals surface area contributed by atoms with Gasteiger partial charge in [0.1, 0.15) is 0 Å². The zero-order chi connectivity index (χ0) is 24.5. The molecule has 4 N–H and O–H groups in total. The predicted octanol–water partition coefficient (Wildman–Crippen LogP) is 4.52. The Kier molecular flexibility index (Phi) is 9.16. The number of aliphatic imine (C=N–C) groups is 1. The fourth-order valence-electron chi connectivity index (χ4n) is 3.61. The Morgan fingerprint density at radius 3 is 2.29 bits per heavy atom. The zero-order valence-electron chi connectivity index (χ0n) is 19.6. The molecule has 0 bridgehead atoms. The maximum absolute atomic E-state index is 12.5. The molecular formula is C25H32ClN5O3. The number of guanidine groups is 1. The molecule has 0 saturated carbocycles. The first-order chi connectivity index (χ1) is 16.3. The lowest BCUT2D eigenvalue weighted by Gasteiger charge is -2.28. The van der Waals surface area contributed by atoms with E-state index in [2.05, 4.69) is 25.8 Å². The number of nitrogens with zero attached hydrogens (tertiary/aromatic N) is 2. The molecule has 1 fully saturated rings. The molecule has 8 nitrogen and oxygen atoms in total. The Hall–Kier alpha value is -3.26. The average Bonchev–Trinajstić information content (AvgIpc) is 2.84. The summed E-state index contributed by atoms with van der Waals surface area (Å²) in [5.74, 6) is -1.44. The number of hydrogen-bond donors (Lipinski definition) is 4. The van der Waals surface area contributed by atoms with Crippen molar-refractivity contribution in [3.63, 3.8) is 0 Å². The third-order valence-electron chi connectivity index (χ3n) is 5.92. The van der Waals surface area contributed by atoms with Gasteiger partial charge < -0.3 is 20.6 Å². The van der Waals surface area contributed by atoms with Gasteiger partial charge in [0.2, 0.25) is 5.96 Å². The first kappa shape index (κ1) is 25.4. The largest absolute Gasteiger partial charge is 0.481 e. The van der Waals surface area contributed by atoms with Crippen LogP contribution in [-0.4, -0.2) is 42.2 Å². The van der Waals surface area contributed by atoms with Crippen molar-refractivity contribution in [2.75, 3.05) is 18.0 Å². The van der Waals surface area contributed by atoms with Gasteiger partial charge in [-0.1, -0.05) is 23.7 Å². The van der Waals surface area contributed by atoms with Gasteiger partial charge in [0.05, 0.1) is 11.6 Å². The summed E-state index contributed by atoms with van der Waals surface area (Å²) >= 11 is 5.96. The Labute approximate surface area is 205 Å². The number of benzene rings is 2. The van der Waals surface area contributed by atoms with Crippen LogP contribution in [0.2, 0.25) is 5.02 Å². The lowest BCUT2D eigenvalue weighted by molar-refractivity contribution is -0.141. The van der Waals surface area contributed by atoms with Crippen molar-refractivity contribution < 1.29 is 14.7 Å². The van der Waals surface area contributed by atoms with E-state index in [-0.39, 0.29) is 5.96 Å². The van der Waals surface area contributed by atoms with Gasteiger partial charge in [-0.25, -0.2) is 9.79 Å². The molecule has 0 aliphatic carbocycles. The minimum absolute atomic E-state index is 0.258. The summed E-state index contributed by atoms with van der Waals surface area (Å²) in [6.07, 6.45) is 3.69. The molecule has 2 aromatic rings. The summed E-state index contributed by atoms with van der Waals surface area (Å²) in [6.45, 7) is 5.74. The third-order valence-corrected chi connectivity index (χ3v) is 6.17. The lowest BCUT2D eigenvalue weighted by Crippen LogP contribution is -2.50. The molecule has 182 valence electrons. The molecular weight excluding hydrogens is 454 g/mol. The van der Waals surface area contributed by atoms with Crippen LogP contribution in [0.3, 0.4) is 0 Å². The molecule has 0 aromatic heterocycles. The van der Waals surface area contributed by atoms with Crippen LogP contribution in [0.4, 0.5) is 16.2 Å². The summed E-state index contributed by atoms with van der Waals surface area (Å²) < 4.78 is 0. The van der Waals surface area contributed by atoms with Crippen LogP contribution in [0.15, 0.2) is 53.5 Å². The second kappa shape index (κ2) is 12.3. The van der Waals surface area contributed by atoms with Gasteiger partial charge in [0, 0.05) is 36.4 Å². The highest BCUT2D eigenvalue weighted by molar-refractivity contribution is 6.30. The van der Waals surface area contributed by atoms with Crippen LogP contribution in [0, 0.1) is 5.92 Å². The van der Waals surface area contributed by atoms with Crippen molar-refractivity contribution in [1.29, 1.82) is 0 Å². The molecule has 2 aromatic carbocycles. The van der Waals surface area contributed by atoms with Gasteiger partial charge in [-0.3, -0.25) is 10.1 Å². The smallest absolute Gasteiger partial charge is 0.321 e. The Balaban J connectivity index is 1.71. The average molecular weight is 486 g/mol. The van der Waals surface area contributed by atoms with E-state index in [0.717, 1.165) is 24.3 Å². The SMILES string of the molecule is C[C@H](NC(=O)N/C(=N\c1ccc(N2CCCCC2)cc1)NCc1ccc(Cl)cc1)[C@@H](C)C(=O)O. The molecule has 0 radical (unpaired) electrons.